The van der Waals surface area contributed by atoms with Crippen LogP contribution in [0.4, 0.5) is 11.4 Å². The zero-order valence-corrected chi connectivity index (χ0v) is 17.0. The highest BCUT2D eigenvalue weighted by Gasteiger charge is 2.09. The normalized spacial score (nSPS) is 10.3. The maximum Gasteiger partial charge on any atom is 0.234 e. The lowest BCUT2D eigenvalue weighted by atomic mass is 10.2. The molecule has 27 heavy (non-hydrogen) atoms. The van der Waals surface area contributed by atoms with Crippen LogP contribution >= 0.6 is 23.4 Å². The van der Waals surface area contributed by atoms with Crippen LogP contribution in [0.25, 0.3) is 0 Å². The smallest absolute Gasteiger partial charge is 0.234 e. The van der Waals surface area contributed by atoms with E-state index in [2.05, 4.69) is 17.6 Å². The van der Waals surface area contributed by atoms with E-state index in [1.807, 2.05) is 24.3 Å². The molecule has 2 amide bonds. The van der Waals surface area contributed by atoms with Crippen molar-refractivity contribution in [3.05, 3.63) is 47.5 Å². The van der Waals surface area contributed by atoms with Crippen LogP contribution in [0.5, 0.6) is 5.75 Å². The molecule has 5 nitrogen and oxygen atoms in total. The number of carbonyl (C=O) groups excluding carboxylic acids is 2. The Labute approximate surface area is 168 Å². The van der Waals surface area contributed by atoms with Gasteiger partial charge in [-0.2, -0.15) is 0 Å². The van der Waals surface area contributed by atoms with Crippen LogP contribution in [0.3, 0.4) is 0 Å². The van der Waals surface area contributed by atoms with Crippen LogP contribution in [-0.4, -0.2) is 24.7 Å². The summed E-state index contributed by atoms with van der Waals surface area (Å²) in [5, 5.41) is 6.19. The molecule has 0 radical (unpaired) electrons. The minimum Gasteiger partial charge on any atom is -0.495 e. The number of methoxy groups -OCH3 is 1. The van der Waals surface area contributed by atoms with Crippen molar-refractivity contribution in [3.63, 3.8) is 0 Å². The summed E-state index contributed by atoms with van der Waals surface area (Å²) in [6.07, 6.45) is 2.40. The molecule has 2 N–H and O–H groups in total. The molecule has 2 aromatic carbocycles. The monoisotopic (exact) mass is 406 g/mol. The molecule has 0 spiro atoms. The van der Waals surface area contributed by atoms with E-state index in [1.54, 1.807) is 18.2 Å². The quantitative estimate of drug-likeness (QED) is 0.561. The largest absolute Gasteiger partial charge is 0.495 e. The third kappa shape index (κ3) is 7.15. The molecule has 0 aliphatic carbocycles. The number of hydrogen-bond acceptors (Lipinski definition) is 4. The third-order valence-electron chi connectivity index (χ3n) is 3.70. The number of nitrogens with one attached hydrogen (secondary N) is 2. The number of ether oxygens (including phenoxy) is 1. The Morgan fingerprint density at radius 3 is 2.48 bits per heavy atom. The third-order valence-corrected chi connectivity index (χ3v) is 4.95. The van der Waals surface area contributed by atoms with Gasteiger partial charge in [0, 0.05) is 22.0 Å². The number of carbonyl (C=O) groups is 2. The second-order valence-electron chi connectivity index (χ2n) is 5.86. The molecule has 2 rings (SSSR count). The van der Waals surface area contributed by atoms with Gasteiger partial charge in [0.05, 0.1) is 18.6 Å². The Balaban J connectivity index is 1.85. The van der Waals surface area contributed by atoms with Gasteiger partial charge in [-0.15, -0.1) is 11.8 Å². The number of anilines is 2. The average Bonchev–Trinajstić information content (AvgIpc) is 2.66. The van der Waals surface area contributed by atoms with Crippen LogP contribution < -0.4 is 15.4 Å². The molecular formula is C20H23ClN2O3S. The molecule has 0 saturated heterocycles. The molecule has 0 bridgehead atoms. The van der Waals surface area contributed by atoms with E-state index in [-0.39, 0.29) is 17.6 Å². The maximum absolute atomic E-state index is 12.2. The lowest BCUT2D eigenvalue weighted by molar-refractivity contribution is -0.116. The lowest BCUT2D eigenvalue weighted by Crippen LogP contribution is -2.14. The Bertz CT molecular complexity index is 781. The summed E-state index contributed by atoms with van der Waals surface area (Å²) in [7, 11) is 1.54. The van der Waals surface area contributed by atoms with Gasteiger partial charge in [-0.1, -0.05) is 24.9 Å². The Hall–Kier alpha value is -2.18. The van der Waals surface area contributed by atoms with Gasteiger partial charge in [0.2, 0.25) is 11.8 Å². The number of thioether (sulfide) groups is 1. The zero-order chi connectivity index (χ0) is 19.6. The summed E-state index contributed by atoms with van der Waals surface area (Å²) in [6.45, 7) is 2.05. The molecule has 0 heterocycles. The average molecular weight is 407 g/mol. The number of benzene rings is 2. The Morgan fingerprint density at radius 2 is 1.81 bits per heavy atom. The first kappa shape index (κ1) is 21.1. The first-order chi connectivity index (χ1) is 13.0. The Morgan fingerprint density at radius 1 is 1.07 bits per heavy atom. The van der Waals surface area contributed by atoms with Crippen molar-refractivity contribution in [1.29, 1.82) is 0 Å². The second kappa shape index (κ2) is 10.8. The molecular weight excluding hydrogens is 384 g/mol. The predicted octanol–water partition coefficient (Wildman–Crippen LogP) is 5.21. The standard InChI is InChI=1S/C20H23ClN2O3S/c1-3-4-5-19(24)22-15-7-9-16(10-8-15)27-13-20(25)23-17-12-14(21)6-11-18(17)26-2/h6-12H,3-5,13H2,1-2H3,(H,22,24)(H,23,25). The van der Waals surface area contributed by atoms with E-state index in [1.165, 1.54) is 18.9 Å². The summed E-state index contributed by atoms with van der Waals surface area (Å²) in [6, 6.07) is 12.5. The summed E-state index contributed by atoms with van der Waals surface area (Å²) in [5.41, 5.74) is 1.30. The first-order valence-corrected chi connectivity index (χ1v) is 10.0. The van der Waals surface area contributed by atoms with Gasteiger partial charge >= 0.3 is 0 Å². The number of unbranched alkanes of at least 4 members (excludes halogenated alkanes) is 1. The molecule has 0 saturated carbocycles. The number of halogens is 1. The van der Waals surface area contributed by atoms with Gasteiger partial charge in [0.25, 0.3) is 0 Å². The molecule has 0 aliphatic heterocycles. The minimum atomic E-state index is -0.155. The highest BCUT2D eigenvalue weighted by atomic mass is 35.5. The second-order valence-corrected chi connectivity index (χ2v) is 7.34. The summed E-state index contributed by atoms with van der Waals surface area (Å²) < 4.78 is 5.22. The van der Waals surface area contributed by atoms with Gasteiger partial charge < -0.3 is 15.4 Å². The van der Waals surface area contributed by atoms with Crippen molar-refractivity contribution in [2.75, 3.05) is 23.5 Å². The van der Waals surface area contributed by atoms with Gasteiger partial charge in [0.15, 0.2) is 0 Å². The SMILES string of the molecule is CCCCC(=O)Nc1ccc(SCC(=O)Nc2cc(Cl)ccc2OC)cc1. The molecule has 0 aromatic heterocycles. The van der Waals surface area contributed by atoms with Crippen molar-refractivity contribution in [3.8, 4) is 5.75 Å². The molecule has 0 unspecified atom stereocenters. The molecule has 0 fully saturated rings. The van der Waals surface area contributed by atoms with Crippen LogP contribution in [0.2, 0.25) is 5.02 Å². The fraction of sp³-hybridized carbons (Fsp3) is 0.300. The molecule has 0 atom stereocenters. The van der Waals surface area contributed by atoms with Crippen molar-refractivity contribution >= 4 is 46.6 Å². The summed E-state index contributed by atoms with van der Waals surface area (Å²) >= 11 is 7.38. The molecule has 0 aliphatic rings. The van der Waals surface area contributed by atoms with E-state index in [4.69, 9.17) is 16.3 Å². The van der Waals surface area contributed by atoms with E-state index in [0.717, 1.165) is 23.4 Å². The van der Waals surface area contributed by atoms with Crippen molar-refractivity contribution in [2.24, 2.45) is 0 Å². The first-order valence-electron chi connectivity index (χ1n) is 8.68. The van der Waals surface area contributed by atoms with Crippen molar-refractivity contribution in [2.45, 2.75) is 31.1 Å². The lowest BCUT2D eigenvalue weighted by Gasteiger charge is -2.10. The van der Waals surface area contributed by atoms with E-state index < -0.39 is 0 Å². The van der Waals surface area contributed by atoms with E-state index >= 15 is 0 Å². The van der Waals surface area contributed by atoms with Gasteiger partial charge in [-0.05, 0) is 48.9 Å². The van der Waals surface area contributed by atoms with Gasteiger partial charge in [-0.3, -0.25) is 9.59 Å². The van der Waals surface area contributed by atoms with Gasteiger partial charge in [-0.25, -0.2) is 0 Å². The van der Waals surface area contributed by atoms with Crippen LogP contribution in [0, 0.1) is 0 Å². The molecule has 144 valence electrons. The topological polar surface area (TPSA) is 67.4 Å². The fourth-order valence-corrected chi connectivity index (χ4v) is 3.18. The molecule has 2 aromatic rings. The van der Waals surface area contributed by atoms with Crippen molar-refractivity contribution < 1.29 is 14.3 Å². The fourth-order valence-electron chi connectivity index (χ4n) is 2.31. The highest BCUT2D eigenvalue weighted by molar-refractivity contribution is 8.00. The van der Waals surface area contributed by atoms with Crippen LogP contribution in [-0.2, 0) is 9.59 Å². The summed E-state index contributed by atoms with van der Waals surface area (Å²) in [4.78, 5) is 24.9. The zero-order valence-electron chi connectivity index (χ0n) is 15.4. The Kier molecular flexibility index (Phi) is 8.48. The van der Waals surface area contributed by atoms with Crippen LogP contribution in [0.15, 0.2) is 47.4 Å². The number of amides is 2. The number of hydrogen-bond donors (Lipinski definition) is 2. The maximum atomic E-state index is 12.2. The summed E-state index contributed by atoms with van der Waals surface area (Å²) in [5.74, 6) is 0.670. The van der Waals surface area contributed by atoms with E-state index in [9.17, 15) is 9.59 Å². The number of rotatable bonds is 9. The molecule has 7 heteroatoms. The van der Waals surface area contributed by atoms with Gasteiger partial charge in [0.1, 0.15) is 5.75 Å². The highest BCUT2D eigenvalue weighted by Crippen LogP contribution is 2.28. The van der Waals surface area contributed by atoms with E-state index in [0.29, 0.717) is 22.9 Å². The minimum absolute atomic E-state index is 0.0205. The van der Waals surface area contributed by atoms with Crippen molar-refractivity contribution in [1.82, 2.24) is 0 Å². The predicted molar refractivity (Wildman–Crippen MR) is 112 cm³/mol. The van der Waals surface area contributed by atoms with Crippen LogP contribution in [0.1, 0.15) is 26.2 Å².